The Hall–Kier alpha value is -3.63. The van der Waals surface area contributed by atoms with Gasteiger partial charge in [-0.25, -0.2) is 12.8 Å². The molecule has 8 nitrogen and oxygen atoms in total. The molecule has 0 spiro atoms. The van der Waals surface area contributed by atoms with E-state index in [2.05, 4.69) is 5.32 Å². The second kappa shape index (κ2) is 13.4. The smallest absolute Gasteiger partial charge is 0.244 e. The van der Waals surface area contributed by atoms with Crippen LogP contribution in [0.25, 0.3) is 0 Å². The molecular weight excluding hydrogens is 545 g/mol. The normalized spacial score (nSPS) is 11.9. The molecule has 0 aliphatic heterocycles. The fourth-order valence-corrected chi connectivity index (χ4v) is 5.17. The molecule has 3 aromatic rings. The summed E-state index contributed by atoms with van der Waals surface area (Å²) in [5.41, 5.74) is 1.11. The summed E-state index contributed by atoms with van der Waals surface area (Å²) in [5, 5.41) is 2.90. The zero-order chi connectivity index (χ0) is 28.6. The van der Waals surface area contributed by atoms with Crippen LogP contribution in [0.2, 0.25) is 5.02 Å². The molecule has 208 valence electrons. The minimum Gasteiger partial charge on any atom is -0.495 e. The summed E-state index contributed by atoms with van der Waals surface area (Å²) in [7, 11) is -2.54. The van der Waals surface area contributed by atoms with E-state index >= 15 is 0 Å². The SMILES string of the molecule is CCNC(=O)C(Cc1ccccc1)N(Cc1ccccc1F)C(=O)CN(c1ccc(OC)c(Cl)c1)S(C)(=O)=O. The van der Waals surface area contributed by atoms with E-state index < -0.39 is 40.2 Å². The van der Waals surface area contributed by atoms with Crippen LogP contribution < -0.4 is 14.4 Å². The minimum absolute atomic E-state index is 0.139. The van der Waals surface area contributed by atoms with Gasteiger partial charge in [0.15, 0.2) is 0 Å². The molecule has 0 bridgehead atoms. The average Bonchev–Trinajstić information content (AvgIpc) is 2.90. The standard InChI is InChI=1S/C28H31ClFN3O5S/c1-4-31-28(35)25(16-20-10-6-5-7-11-20)32(18-21-12-8-9-13-24(21)30)27(34)19-33(39(3,36)37)22-14-15-26(38-2)23(29)17-22/h5-15,17,25H,4,16,18-19H2,1-3H3,(H,31,35). The van der Waals surface area contributed by atoms with Crippen molar-refractivity contribution in [3.8, 4) is 5.75 Å². The number of methoxy groups -OCH3 is 1. The maximum atomic E-state index is 14.7. The van der Waals surface area contributed by atoms with Gasteiger partial charge in [0.1, 0.15) is 24.2 Å². The molecule has 0 aliphatic rings. The van der Waals surface area contributed by atoms with Crippen molar-refractivity contribution in [3.05, 3.63) is 94.8 Å². The number of rotatable bonds is 12. The quantitative estimate of drug-likeness (QED) is 0.352. The Morgan fingerprint density at radius 1 is 1.05 bits per heavy atom. The van der Waals surface area contributed by atoms with E-state index in [1.54, 1.807) is 13.0 Å². The van der Waals surface area contributed by atoms with Gasteiger partial charge in [-0.1, -0.05) is 60.1 Å². The van der Waals surface area contributed by atoms with Gasteiger partial charge in [0.2, 0.25) is 21.8 Å². The van der Waals surface area contributed by atoms with Crippen LogP contribution in [0.3, 0.4) is 0 Å². The first-order valence-corrected chi connectivity index (χ1v) is 14.4. The van der Waals surface area contributed by atoms with E-state index in [-0.39, 0.29) is 29.2 Å². The van der Waals surface area contributed by atoms with Crippen LogP contribution in [0.1, 0.15) is 18.1 Å². The summed E-state index contributed by atoms with van der Waals surface area (Å²) in [4.78, 5) is 28.4. The summed E-state index contributed by atoms with van der Waals surface area (Å²) in [5.74, 6) is -1.35. The largest absolute Gasteiger partial charge is 0.495 e. The van der Waals surface area contributed by atoms with Gasteiger partial charge in [-0.2, -0.15) is 0 Å². The van der Waals surface area contributed by atoms with Crippen LogP contribution >= 0.6 is 11.6 Å². The number of halogens is 2. The Morgan fingerprint density at radius 2 is 1.72 bits per heavy atom. The molecule has 1 N–H and O–H groups in total. The second-order valence-electron chi connectivity index (χ2n) is 8.80. The van der Waals surface area contributed by atoms with Gasteiger partial charge < -0.3 is 15.0 Å². The van der Waals surface area contributed by atoms with Crippen LogP contribution in [-0.2, 0) is 32.6 Å². The Kier molecular flexibility index (Phi) is 10.3. The number of carbonyl (C=O) groups excluding carboxylic acids is 2. The third-order valence-electron chi connectivity index (χ3n) is 6.02. The van der Waals surface area contributed by atoms with E-state index in [1.807, 2.05) is 30.3 Å². The number of hydrogen-bond donors (Lipinski definition) is 1. The number of likely N-dealkylation sites (N-methyl/N-ethyl adjacent to an activating group) is 1. The number of nitrogens with one attached hydrogen (secondary N) is 1. The zero-order valence-corrected chi connectivity index (χ0v) is 23.5. The molecular formula is C28H31ClFN3O5S. The van der Waals surface area contributed by atoms with Crippen molar-refractivity contribution in [2.24, 2.45) is 0 Å². The summed E-state index contributed by atoms with van der Waals surface area (Å²) in [6.07, 6.45) is 1.10. The molecule has 0 saturated heterocycles. The van der Waals surface area contributed by atoms with Crippen molar-refractivity contribution >= 4 is 39.1 Å². The van der Waals surface area contributed by atoms with Gasteiger partial charge >= 0.3 is 0 Å². The van der Waals surface area contributed by atoms with E-state index in [0.717, 1.165) is 16.1 Å². The third kappa shape index (κ3) is 7.93. The minimum atomic E-state index is -3.97. The molecule has 0 aromatic heterocycles. The molecule has 39 heavy (non-hydrogen) atoms. The van der Waals surface area contributed by atoms with Gasteiger partial charge in [0, 0.05) is 25.1 Å². The molecule has 1 unspecified atom stereocenters. The summed E-state index contributed by atoms with van der Waals surface area (Å²) >= 11 is 6.23. The lowest BCUT2D eigenvalue weighted by atomic mass is 10.0. The monoisotopic (exact) mass is 575 g/mol. The first-order chi connectivity index (χ1) is 18.5. The Balaban J connectivity index is 2.06. The van der Waals surface area contributed by atoms with Crippen LogP contribution in [0.15, 0.2) is 72.8 Å². The topological polar surface area (TPSA) is 96.0 Å². The number of amides is 2. The van der Waals surface area contributed by atoms with Crippen LogP contribution in [0.4, 0.5) is 10.1 Å². The molecule has 0 radical (unpaired) electrons. The van der Waals surface area contributed by atoms with Gasteiger partial charge in [-0.15, -0.1) is 0 Å². The van der Waals surface area contributed by atoms with Crippen molar-refractivity contribution in [1.82, 2.24) is 10.2 Å². The molecule has 0 heterocycles. The van der Waals surface area contributed by atoms with Gasteiger partial charge in [0.25, 0.3) is 0 Å². The zero-order valence-electron chi connectivity index (χ0n) is 21.9. The molecule has 1 atom stereocenters. The number of ether oxygens (including phenoxy) is 1. The predicted molar refractivity (Wildman–Crippen MR) is 150 cm³/mol. The van der Waals surface area contributed by atoms with Crippen molar-refractivity contribution in [2.75, 3.05) is 30.8 Å². The Morgan fingerprint density at radius 3 is 2.31 bits per heavy atom. The lowest BCUT2D eigenvalue weighted by Crippen LogP contribution is -2.53. The number of nitrogens with zero attached hydrogens (tertiary/aromatic N) is 2. The second-order valence-corrected chi connectivity index (χ2v) is 11.1. The molecule has 0 aliphatic carbocycles. The fraction of sp³-hybridized carbons (Fsp3) is 0.286. The fourth-order valence-electron chi connectivity index (χ4n) is 4.08. The highest BCUT2D eigenvalue weighted by Crippen LogP contribution is 2.30. The van der Waals surface area contributed by atoms with E-state index in [1.165, 1.54) is 48.4 Å². The Labute approximate surface area is 233 Å². The first kappa shape index (κ1) is 29.9. The molecule has 3 aromatic carbocycles. The van der Waals surface area contributed by atoms with Crippen molar-refractivity contribution < 1.29 is 27.1 Å². The van der Waals surface area contributed by atoms with Gasteiger partial charge in [-0.05, 0) is 36.8 Å². The highest BCUT2D eigenvalue weighted by atomic mass is 35.5. The number of anilines is 1. The Bertz CT molecular complexity index is 1410. The summed E-state index contributed by atoms with van der Waals surface area (Å²) in [6, 6.07) is 18.3. The van der Waals surface area contributed by atoms with Crippen LogP contribution in [-0.4, -0.2) is 57.6 Å². The lowest BCUT2D eigenvalue weighted by Gasteiger charge is -2.33. The average molecular weight is 576 g/mol. The number of hydrogen-bond acceptors (Lipinski definition) is 5. The van der Waals surface area contributed by atoms with Crippen molar-refractivity contribution in [1.29, 1.82) is 0 Å². The maximum Gasteiger partial charge on any atom is 0.244 e. The molecule has 2 amide bonds. The van der Waals surface area contributed by atoms with Gasteiger partial charge in [0.05, 0.1) is 24.1 Å². The molecule has 0 fully saturated rings. The molecule has 11 heteroatoms. The van der Waals surface area contributed by atoms with E-state index in [9.17, 15) is 22.4 Å². The van der Waals surface area contributed by atoms with Crippen LogP contribution in [0.5, 0.6) is 5.75 Å². The van der Waals surface area contributed by atoms with Crippen LogP contribution in [0, 0.1) is 5.82 Å². The van der Waals surface area contributed by atoms with E-state index in [4.69, 9.17) is 16.3 Å². The highest BCUT2D eigenvalue weighted by molar-refractivity contribution is 7.92. The summed E-state index contributed by atoms with van der Waals surface area (Å²) in [6.45, 7) is 1.17. The number of benzene rings is 3. The van der Waals surface area contributed by atoms with Gasteiger partial charge in [-0.3, -0.25) is 13.9 Å². The van der Waals surface area contributed by atoms with Crippen molar-refractivity contribution in [2.45, 2.75) is 25.9 Å². The number of carbonyl (C=O) groups is 2. The number of sulfonamides is 1. The van der Waals surface area contributed by atoms with E-state index in [0.29, 0.717) is 12.3 Å². The summed E-state index contributed by atoms with van der Waals surface area (Å²) < 4.78 is 46.4. The highest BCUT2D eigenvalue weighted by Gasteiger charge is 2.33. The molecule has 0 saturated carbocycles. The predicted octanol–water partition coefficient (Wildman–Crippen LogP) is 4.03. The van der Waals surface area contributed by atoms with Crippen molar-refractivity contribution in [3.63, 3.8) is 0 Å². The first-order valence-electron chi connectivity index (χ1n) is 12.2. The lowest BCUT2D eigenvalue weighted by molar-refractivity contribution is -0.140. The third-order valence-corrected chi connectivity index (χ3v) is 7.46. The maximum absolute atomic E-state index is 14.7. The molecule has 3 rings (SSSR count).